The summed E-state index contributed by atoms with van der Waals surface area (Å²) in [6, 6.07) is 10.8. The summed E-state index contributed by atoms with van der Waals surface area (Å²) in [5.41, 5.74) is 3.29. The summed E-state index contributed by atoms with van der Waals surface area (Å²) >= 11 is 1.37. The summed E-state index contributed by atoms with van der Waals surface area (Å²) < 4.78 is 0. The van der Waals surface area contributed by atoms with E-state index < -0.39 is 6.09 Å². The van der Waals surface area contributed by atoms with E-state index in [9.17, 15) is 9.59 Å². The lowest BCUT2D eigenvalue weighted by Crippen LogP contribution is -2.19. The number of hydrogen-bond donors (Lipinski definition) is 4. The number of pyridine rings is 1. The number of thiazole rings is 1. The second-order valence-electron chi connectivity index (χ2n) is 6.03. The van der Waals surface area contributed by atoms with Gasteiger partial charge in [-0.15, -0.1) is 11.3 Å². The van der Waals surface area contributed by atoms with Crippen LogP contribution in [0, 0.1) is 13.8 Å². The molecule has 0 fully saturated rings. The Morgan fingerprint density at radius 3 is 2.71 bits per heavy atom. The van der Waals surface area contributed by atoms with Gasteiger partial charge in [0.25, 0.3) is 5.91 Å². The summed E-state index contributed by atoms with van der Waals surface area (Å²) in [6.07, 6.45) is 0.550. The van der Waals surface area contributed by atoms with Gasteiger partial charge in [0.05, 0.1) is 5.01 Å². The predicted molar refractivity (Wildman–Crippen MR) is 108 cm³/mol. The van der Waals surface area contributed by atoms with E-state index in [2.05, 4.69) is 25.9 Å². The van der Waals surface area contributed by atoms with E-state index in [0.29, 0.717) is 16.4 Å². The van der Waals surface area contributed by atoms with Gasteiger partial charge >= 0.3 is 6.09 Å². The molecule has 2 heterocycles. The van der Waals surface area contributed by atoms with Crippen molar-refractivity contribution in [3.63, 3.8) is 0 Å². The van der Waals surface area contributed by atoms with Crippen LogP contribution in [0.25, 0.3) is 0 Å². The van der Waals surface area contributed by atoms with Crippen molar-refractivity contribution in [3.05, 3.63) is 64.6 Å². The third-order valence-corrected chi connectivity index (χ3v) is 4.62. The maximum Gasteiger partial charge on any atom is 0.404 e. The Morgan fingerprint density at radius 2 is 1.96 bits per heavy atom. The zero-order chi connectivity index (χ0) is 20.1. The number of carboxylic acid groups (broad SMARTS) is 1. The van der Waals surface area contributed by atoms with Crippen molar-refractivity contribution in [2.24, 2.45) is 0 Å². The second kappa shape index (κ2) is 8.49. The Morgan fingerprint density at radius 1 is 1.14 bits per heavy atom. The molecule has 2 amide bonds. The van der Waals surface area contributed by atoms with Crippen LogP contribution in [-0.2, 0) is 6.54 Å². The van der Waals surface area contributed by atoms with Crippen LogP contribution in [0.1, 0.15) is 26.8 Å². The molecule has 0 bridgehead atoms. The highest BCUT2D eigenvalue weighted by Gasteiger charge is 2.18. The summed E-state index contributed by atoms with van der Waals surface area (Å²) in [7, 11) is 0. The van der Waals surface area contributed by atoms with Crippen molar-refractivity contribution in [1.82, 2.24) is 15.3 Å². The van der Waals surface area contributed by atoms with Crippen LogP contribution in [0.5, 0.6) is 0 Å². The Balaban J connectivity index is 1.78. The van der Waals surface area contributed by atoms with Crippen LogP contribution in [0.4, 0.5) is 21.2 Å². The molecule has 1 aromatic carbocycles. The first-order chi connectivity index (χ1) is 13.4. The number of hydrogen-bond acceptors (Lipinski definition) is 6. The van der Waals surface area contributed by atoms with E-state index >= 15 is 0 Å². The number of carbonyl (C=O) groups excluding carboxylic acids is 1. The van der Waals surface area contributed by atoms with Crippen LogP contribution in [0.15, 0.2) is 42.6 Å². The van der Waals surface area contributed by atoms with Crippen molar-refractivity contribution >= 4 is 39.7 Å². The number of rotatable bonds is 6. The molecule has 0 unspecified atom stereocenters. The van der Waals surface area contributed by atoms with Crippen molar-refractivity contribution in [2.75, 3.05) is 10.6 Å². The van der Waals surface area contributed by atoms with Gasteiger partial charge in [-0.05, 0) is 43.7 Å². The Bertz CT molecular complexity index is 1020. The summed E-state index contributed by atoms with van der Waals surface area (Å²) in [4.78, 5) is 31.8. The van der Waals surface area contributed by atoms with Crippen molar-refractivity contribution in [3.8, 4) is 0 Å². The minimum atomic E-state index is -1.08. The van der Waals surface area contributed by atoms with Gasteiger partial charge in [0.2, 0.25) is 0 Å². The molecule has 3 aromatic rings. The first-order valence-electron chi connectivity index (χ1n) is 8.45. The van der Waals surface area contributed by atoms with E-state index in [1.54, 1.807) is 18.3 Å². The molecular formula is C19H19N5O3S. The summed E-state index contributed by atoms with van der Waals surface area (Å²) in [6.45, 7) is 3.87. The van der Waals surface area contributed by atoms with Gasteiger partial charge in [-0.1, -0.05) is 12.1 Å². The first kappa shape index (κ1) is 19.3. The fourth-order valence-corrected chi connectivity index (χ4v) is 3.38. The van der Waals surface area contributed by atoms with E-state index in [-0.39, 0.29) is 12.5 Å². The lowest BCUT2D eigenvalue weighted by molar-refractivity contribution is 0.102. The fourth-order valence-electron chi connectivity index (χ4n) is 2.55. The molecule has 0 spiro atoms. The molecule has 0 aliphatic carbocycles. The molecule has 3 rings (SSSR count). The molecule has 144 valence electrons. The van der Waals surface area contributed by atoms with Crippen LogP contribution >= 0.6 is 11.3 Å². The van der Waals surface area contributed by atoms with Gasteiger partial charge in [0.1, 0.15) is 5.00 Å². The smallest absolute Gasteiger partial charge is 0.404 e. The molecule has 4 N–H and O–H groups in total. The van der Waals surface area contributed by atoms with Gasteiger partial charge < -0.3 is 21.1 Å². The van der Waals surface area contributed by atoms with Gasteiger partial charge in [0.15, 0.2) is 5.69 Å². The maximum atomic E-state index is 12.7. The minimum Gasteiger partial charge on any atom is -0.465 e. The van der Waals surface area contributed by atoms with E-state index in [0.717, 1.165) is 22.0 Å². The molecule has 2 aromatic heterocycles. The molecule has 0 atom stereocenters. The molecule has 0 radical (unpaired) electrons. The topological polar surface area (TPSA) is 116 Å². The normalized spacial score (nSPS) is 10.4. The third-order valence-electron chi connectivity index (χ3n) is 3.73. The zero-order valence-electron chi connectivity index (χ0n) is 15.3. The molecule has 8 nitrogen and oxygen atoms in total. The number of carbonyl (C=O) groups is 2. The zero-order valence-corrected chi connectivity index (χ0v) is 16.1. The lowest BCUT2D eigenvalue weighted by atomic mass is 10.2. The Labute approximate surface area is 165 Å². The fraction of sp³-hybridized carbons (Fsp3) is 0.158. The van der Waals surface area contributed by atoms with Gasteiger partial charge in [-0.3, -0.25) is 9.78 Å². The number of amides is 2. The number of anilines is 3. The van der Waals surface area contributed by atoms with Crippen LogP contribution in [0.3, 0.4) is 0 Å². The molecule has 9 heteroatoms. The molecule has 0 aliphatic heterocycles. The average molecular weight is 397 g/mol. The monoisotopic (exact) mass is 397 g/mol. The molecule has 28 heavy (non-hydrogen) atoms. The maximum absolute atomic E-state index is 12.7. The number of nitrogens with one attached hydrogen (secondary N) is 3. The highest BCUT2D eigenvalue weighted by molar-refractivity contribution is 7.16. The average Bonchev–Trinajstić information content (AvgIpc) is 3.00. The number of benzene rings is 1. The SMILES string of the molecule is Cc1cc(NC(=O)c2nc(C)sc2Nc2cccc(CNC(=O)O)c2)ccn1. The Hall–Kier alpha value is -3.46. The standard InChI is InChI=1S/C19H19N5O3S/c1-11-8-15(6-7-20-11)23-17(25)16-18(28-12(2)22-16)24-14-5-3-4-13(9-14)10-21-19(26)27/h3-9,21,24H,10H2,1-2H3,(H,26,27)(H,20,23,25). The first-order valence-corrected chi connectivity index (χ1v) is 9.26. The van der Waals surface area contributed by atoms with Crippen molar-refractivity contribution < 1.29 is 14.7 Å². The molecule has 0 saturated heterocycles. The third kappa shape index (κ3) is 5.04. The Kier molecular flexibility index (Phi) is 5.85. The molecular weight excluding hydrogens is 378 g/mol. The predicted octanol–water partition coefficient (Wildman–Crippen LogP) is 3.92. The van der Waals surface area contributed by atoms with Gasteiger partial charge in [-0.2, -0.15) is 0 Å². The summed E-state index contributed by atoms with van der Waals surface area (Å²) in [5.74, 6) is -0.318. The van der Waals surface area contributed by atoms with Gasteiger partial charge in [-0.25, -0.2) is 9.78 Å². The highest BCUT2D eigenvalue weighted by atomic mass is 32.1. The second-order valence-corrected chi connectivity index (χ2v) is 7.24. The minimum absolute atomic E-state index is 0.196. The van der Waals surface area contributed by atoms with Crippen LogP contribution < -0.4 is 16.0 Å². The van der Waals surface area contributed by atoms with E-state index in [4.69, 9.17) is 5.11 Å². The van der Waals surface area contributed by atoms with E-state index in [1.807, 2.05) is 38.1 Å². The van der Waals surface area contributed by atoms with Crippen LogP contribution in [-0.4, -0.2) is 27.1 Å². The van der Waals surface area contributed by atoms with Crippen molar-refractivity contribution in [1.29, 1.82) is 0 Å². The van der Waals surface area contributed by atoms with Gasteiger partial charge in [0, 0.05) is 29.8 Å². The quantitative estimate of drug-likeness (QED) is 0.501. The lowest BCUT2D eigenvalue weighted by Gasteiger charge is -2.09. The number of aromatic nitrogens is 2. The molecule has 0 saturated carbocycles. The van der Waals surface area contributed by atoms with E-state index in [1.165, 1.54) is 11.3 Å². The highest BCUT2D eigenvalue weighted by Crippen LogP contribution is 2.29. The molecule has 0 aliphatic rings. The van der Waals surface area contributed by atoms with Crippen LogP contribution in [0.2, 0.25) is 0 Å². The summed E-state index contributed by atoms with van der Waals surface area (Å²) in [5, 5.41) is 18.5. The number of nitrogens with zero attached hydrogens (tertiary/aromatic N) is 2. The number of aryl methyl sites for hydroxylation is 2. The largest absolute Gasteiger partial charge is 0.465 e. The van der Waals surface area contributed by atoms with Crippen molar-refractivity contribution in [2.45, 2.75) is 20.4 Å².